The first-order valence-corrected chi connectivity index (χ1v) is 13.3. The maximum absolute atomic E-state index is 6.28. The van der Waals surface area contributed by atoms with Gasteiger partial charge in [-0.2, -0.15) is 0 Å². The van der Waals surface area contributed by atoms with Gasteiger partial charge in [0.15, 0.2) is 17.2 Å². The number of fused-ring (bicyclic) bond motifs is 4. The quantitative estimate of drug-likeness (QED) is 0.293. The van der Waals surface area contributed by atoms with E-state index in [1.54, 1.807) is 0 Å². The number of benzene rings is 3. The molecule has 0 aliphatic carbocycles. The number of hydrogen-bond acceptors (Lipinski definition) is 6. The van der Waals surface area contributed by atoms with E-state index in [4.69, 9.17) is 19.2 Å². The summed E-state index contributed by atoms with van der Waals surface area (Å²) in [5.74, 6) is 3.10. The molecule has 192 valence electrons. The number of pyridine rings is 1. The van der Waals surface area contributed by atoms with E-state index in [2.05, 4.69) is 51.3 Å². The standard InChI is InChI=1S/C31H30N4O3/c1-2-8-27(38-24-10-12-28-29(19-24)37-21-36-28)26(7-1)35-17-15-34(16-18-35)14-4-6-23-20-33-31-25(23)11-9-22-5-3-13-32-30(22)31/h1-3,5,7-13,19-20,32H,4,6,14-18,21H2. The molecule has 0 amide bonds. The van der Waals surface area contributed by atoms with Gasteiger partial charge >= 0.3 is 0 Å². The minimum atomic E-state index is 0.260. The summed E-state index contributed by atoms with van der Waals surface area (Å²) < 4.78 is 17.2. The Balaban J connectivity index is 0.958. The number of aromatic amines is 1. The van der Waals surface area contributed by atoms with Crippen LogP contribution in [0.15, 0.2) is 79.1 Å². The molecule has 0 atom stereocenters. The number of nitrogens with one attached hydrogen (secondary N) is 1. The lowest BCUT2D eigenvalue weighted by molar-refractivity contribution is 0.174. The molecular formula is C31H30N4O3. The van der Waals surface area contributed by atoms with Crippen LogP contribution in [0.3, 0.4) is 0 Å². The second kappa shape index (κ2) is 9.91. The molecule has 38 heavy (non-hydrogen) atoms. The Kier molecular flexibility index (Phi) is 5.98. The number of nitrogens with zero attached hydrogens (tertiary/aromatic N) is 3. The number of piperazine rings is 1. The Morgan fingerprint density at radius 1 is 0.895 bits per heavy atom. The van der Waals surface area contributed by atoms with Crippen molar-refractivity contribution in [1.29, 1.82) is 0 Å². The van der Waals surface area contributed by atoms with E-state index >= 15 is 0 Å². The molecule has 2 aromatic heterocycles. The van der Waals surface area contributed by atoms with Crippen molar-refractivity contribution in [1.82, 2.24) is 14.9 Å². The molecule has 0 saturated carbocycles. The highest BCUT2D eigenvalue weighted by Gasteiger charge is 2.21. The maximum Gasteiger partial charge on any atom is 0.231 e. The highest BCUT2D eigenvalue weighted by molar-refractivity contribution is 6.04. The molecule has 1 saturated heterocycles. The summed E-state index contributed by atoms with van der Waals surface area (Å²) >= 11 is 0. The van der Waals surface area contributed by atoms with Crippen molar-refractivity contribution in [2.24, 2.45) is 0 Å². The zero-order valence-corrected chi connectivity index (χ0v) is 21.2. The van der Waals surface area contributed by atoms with Crippen molar-refractivity contribution in [2.75, 3.05) is 44.4 Å². The van der Waals surface area contributed by atoms with Crippen molar-refractivity contribution in [3.05, 3.63) is 84.7 Å². The van der Waals surface area contributed by atoms with E-state index in [9.17, 15) is 0 Å². The molecule has 0 radical (unpaired) electrons. The highest BCUT2D eigenvalue weighted by Crippen LogP contribution is 2.39. The second-order valence-corrected chi connectivity index (χ2v) is 9.90. The first-order chi connectivity index (χ1) is 18.8. The minimum Gasteiger partial charge on any atom is -0.455 e. The number of aromatic nitrogens is 2. The molecule has 7 nitrogen and oxygen atoms in total. The van der Waals surface area contributed by atoms with Crippen LogP contribution in [0.5, 0.6) is 23.0 Å². The lowest BCUT2D eigenvalue weighted by Gasteiger charge is -2.36. The van der Waals surface area contributed by atoms with Crippen LogP contribution in [-0.4, -0.2) is 54.4 Å². The van der Waals surface area contributed by atoms with Crippen LogP contribution in [-0.2, 0) is 6.42 Å². The van der Waals surface area contributed by atoms with Gasteiger partial charge < -0.3 is 24.1 Å². The lowest BCUT2D eigenvalue weighted by Crippen LogP contribution is -2.46. The number of rotatable bonds is 7. The molecule has 0 spiro atoms. The minimum absolute atomic E-state index is 0.260. The summed E-state index contributed by atoms with van der Waals surface area (Å²) in [6, 6.07) is 22.6. The molecule has 1 fully saturated rings. The van der Waals surface area contributed by atoms with Crippen molar-refractivity contribution in [2.45, 2.75) is 12.8 Å². The zero-order valence-electron chi connectivity index (χ0n) is 21.2. The van der Waals surface area contributed by atoms with Crippen LogP contribution < -0.4 is 19.1 Å². The molecule has 7 heteroatoms. The van der Waals surface area contributed by atoms with Crippen LogP contribution in [0.25, 0.3) is 21.8 Å². The van der Waals surface area contributed by atoms with E-state index < -0.39 is 0 Å². The van der Waals surface area contributed by atoms with Crippen molar-refractivity contribution in [3.8, 4) is 23.0 Å². The Labute approximate surface area is 221 Å². The molecule has 5 aromatic rings. The summed E-state index contributed by atoms with van der Waals surface area (Å²) in [5.41, 5.74) is 4.67. The molecule has 2 aliphatic rings. The fraction of sp³-hybridized carbons (Fsp3) is 0.258. The number of aryl methyl sites for hydroxylation is 1. The molecule has 7 rings (SSSR count). The fourth-order valence-electron chi connectivity index (χ4n) is 5.56. The number of ether oxygens (including phenoxy) is 3. The molecule has 3 aromatic carbocycles. The van der Waals surface area contributed by atoms with E-state index in [1.807, 2.05) is 42.6 Å². The Morgan fingerprint density at radius 3 is 2.74 bits per heavy atom. The lowest BCUT2D eigenvalue weighted by atomic mass is 10.1. The third-order valence-electron chi connectivity index (χ3n) is 7.58. The van der Waals surface area contributed by atoms with Gasteiger partial charge in [-0.05, 0) is 55.3 Å². The van der Waals surface area contributed by atoms with Gasteiger partial charge in [0, 0.05) is 55.4 Å². The molecule has 2 aliphatic heterocycles. The molecular weight excluding hydrogens is 476 g/mol. The van der Waals surface area contributed by atoms with Crippen LogP contribution in [0.4, 0.5) is 5.69 Å². The van der Waals surface area contributed by atoms with Crippen LogP contribution in [0.1, 0.15) is 12.0 Å². The van der Waals surface area contributed by atoms with Gasteiger partial charge in [0.25, 0.3) is 0 Å². The van der Waals surface area contributed by atoms with E-state index in [0.29, 0.717) is 0 Å². The number of para-hydroxylation sites is 2. The SMILES string of the molecule is c1ccc(N2CCN(CCCc3cnc4c3ccc3ccc[nH]c34)CC2)c(Oc2ccc3c(c2)OCO3)c1. The monoisotopic (exact) mass is 506 g/mol. The third-order valence-corrected chi connectivity index (χ3v) is 7.58. The van der Waals surface area contributed by atoms with Gasteiger partial charge in [-0.1, -0.05) is 30.3 Å². The van der Waals surface area contributed by atoms with Crippen molar-refractivity contribution < 1.29 is 14.2 Å². The van der Waals surface area contributed by atoms with Gasteiger partial charge in [-0.25, -0.2) is 0 Å². The van der Waals surface area contributed by atoms with Crippen LogP contribution in [0.2, 0.25) is 0 Å². The smallest absolute Gasteiger partial charge is 0.231 e. The normalized spacial score (nSPS) is 15.4. The largest absolute Gasteiger partial charge is 0.455 e. The molecule has 0 unspecified atom stereocenters. The number of anilines is 1. The van der Waals surface area contributed by atoms with Gasteiger partial charge in [0.2, 0.25) is 6.79 Å². The molecule has 0 bridgehead atoms. The maximum atomic E-state index is 6.28. The summed E-state index contributed by atoms with van der Waals surface area (Å²) in [4.78, 5) is 13.1. The van der Waals surface area contributed by atoms with Crippen LogP contribution >= 0.6 is 0 Å². The molecule has 1 N–H and O–H groups in total. The zero-order chi connectivity index (χ0) is 25.3. The van der Waals surface area contributed by atoms with Gasteiger partial charge in [-0.3, -0.25) is 9.88 Å². The predicted molar refractivity (Wildman–Crippen MR) is 150 cm³/mol. The first kappa shape index (κ1) is 22.9. The van der Waals surface area contributed by atoms with Crippen LogP contribution in [0, 0.1) is 0 Å². The Bertz CT molecular complexity index is 1590. The van der Waals surface area contributed by atoms with Gasteiger partial charge in [0.1, 0.15) is 5.75 Å². The topological polar surface area (TPSA) is 62.9 Å². The first-order valence-electron chi connectivity index (χ1n) is 13.3. The predicted octanol–water partition coefficient (Wildman–Crippen LogP) is 5.99. The van der Waals surface area contributed by atoms with E-state index in [0.717, 1.165) is 85.3 Å². The Hall–Kier alpha value is -4.23. The summed E-state index contributed by atoms with van der Waals surface area (Å²) in [7, 11) is 0. The summed E-state index contributed by atoms with van der Waals surface area (Å²) in [5, 5.41) is 2.47. The third kappa shape index (κ3) is 4.39. The van der Waals surface area contributed by atoms with E-state index in [-0.39, 0.29) is 6.79 Å². The average molecular weight is 507 g/mol. The summed E-state index contributed by atoms with van der Waals surface area (Å²) in [6.07, 6.45) is 6.19. The second-order valence-electron chi connectivity index (χ2n) is 9.90. The van der Waals surface area contributed by atoms with Crippen molar-refractivity contribution in [3.63, 3.8) is 0 Å². The number of hydrogen-bond donors (Lipinski definition) is 1. The molecule has 4 heterocycles. The van der Waals surface area contributed by atoms with Crippen molar-refractivity contribution >= 4 is 27.5 Å². The highest BCUT2D eigenvalue weighted by atomic mass is 16.7. The average Bonchev–Trinajstić information content (AvgIpc) is 3.61. The Morgan fingerprint density at radius 2 is 1.79 bits per heavy atom. The van der Waals surface area contributed by atoms with E-state index in [1.165, 1.54) is 16.3 Å². The van der Waals surface area contributed by atoms with Gasteiger partial charge in [-0.15, -0.1) is 0 Å². The fourth-order valence-corrected chi connectivity index (χ4v) is 5.56. The van der Waals surface area contributed by atoms with Gasteiger partial charge in [0.05, 0.1) is 16.7 Å². The summed E-state index contributed by atoms with van der Waals surface area (Å²) in [6.45, 7) is 5.38. The number of H-pyrrole nitrogens is 1.